The molecule has 0 aromatic heterocycles. The molecule has 2 N–H and O–H groups in total. The van der Waals surface area contributed by atoms with Crippen LogP contribution in [0.2, 0.25) is 10.0 Å². The molecule has 0 heterocycles. The summed E-state index contributed by atoms with van der Waals surface area (Å²) in [5.41, 5.74) is 1.25. The van der Waals surface area contributed by atoms with Crippen LogP contribution in [0.1, 0.15) is 19.4 Å². The maximum Gasteiger partial charge on any atom is 0.127 e. The minimum atomic E-state index is 0.630. The molecule has 0 spiro atoms. The summed E-state index contributed by atoms with van der Waals surface area (Å²) in [6.45, 7) is 10.3. The van der Waals surface area contributed by atoms with Gasteiger partial charge in [-0.15, -0.1) is 0 Å². The van der Waals surface area contributed by atoms with Crippen molar-refractivity contribution in [2.75, 3.05) is 33.2 Å². The molecular formula is C14H24Cl2N2+2. The lowest BCUT2D eigenvalue weighted by Gasteiger charge is -2.19. The predicted octanol–water partition coefficient (Wildman–Crippen LogP) is 0.933. The Morgan fingerprint density at radius 1 is 1.00 bits per heavy atom. The van der Waals surface area contributed by atoms with Crippen molar-refractivity contribution in [3.05, 3.63) is 33.8 Å². The molecule has 0 radical (unpaired) electrons. The van der Waals surface area contributed by atoms with Gasteiger partial charge in [0.25, 0.3) is 0 Å². The summed E-state index contributed by atoms with van der Waals surface area (Å²) in [6, 6.07) is 5.90. The van der Waals surface area contributed by atoms with Crippen molar-refractivity contribution in [3.63, 3.8) is 0 Å². The van der Waals surface area contributed by atoms with E-state index in [1.54, 1.807) is 4.90 Å². The Balaban J connectivity index is 2.44. The lowest BCUT2D eigenvalue weighted by Crippen LogP contribution is -3.18. The smallest absolute Gasteiger partial charge is 0.127 e. The second-order valence-corrected chi connectivity index (χ2v) is 5.65. The van der Waals surface area contributed by atoms with E-state index < -0.39 is 0 Å². The predicted molar refractivity (Wildman–Crippen MR) is 78.8 cm³/mol. The van der Waals surface area contributed by atoms with E-state index >= 15 is 0 Å². The van der Waals surface area contributed by atoms with Gasteiger partial charge in [-0.3, -0.25) is 0 Å². The number of hydrogen-bond acceptors (Lipinski definition) is 0. The van der Waals surface area contributed by atoms with Crippen molar-refractivity contribution >= 4 is 23.2 Å². The van der Waals surface area contributed by atoms with Gasteiger partial charge in [0.15, 0.2) is 0 Å². The van der Waals surface area contributed by atoms with Crippen LogP contribution in [0, 0.1) is 0 Å². The Kier molecular flexibility index (Phi) is 7.02. The summed E-state index contributed by atoms with van der Waals surface area (Å²) in [7, 11) is 2.23. The van der Waals surface area contributed by atoms with Crippen LogP contribution >= 0.6 is 23.2 Å². The van der Waals surface area contributed by atoms with Crippen LogP contribution in [0.3, 0.4) is 0 Å². The lowest BCUT2D eigenvalue weighted by molar-refractivity contribution is -0.953. The highest BCUT2D eigenvalue weighted by Crippen LogP contribution is 2.22. The largest absolute Gasteiger partial charge is 0.331 e. The minimum absolute atomic E-state index is 0.630. The number of quaternary nitrogens is 2. The van der Waals surface area contributed by atoms with Gasteiger partial charge < -0.3 is 9.80 Å². The van der Waals surface area contributed by atoms with E-state index in [4.69, 9.17) is 23.2 Å². The summed E-state index contributed by atoms with van der Waals surface area (Å²) in [5, 5.41) is 1.28. The van der Waals surface area contributed by atoms with Gasteiger partial charge in [-0.2, -0.15) is 0 Å². The molecule has 1 aromatic carbocycles. The fourth-order valence-corrected chi connectivity index (χ4v) is 2.40. The van der Waals surface area contributed by atoms with Crippen LogP contribution in [-0.2, 0) is 6.54 Å². The fourth-order valence-electron chi connectivity index (χ4n) is 2.08. The van der Waals surface area contributed by atoms with Gasteiger partial charge in [-0.25, -0.2) is 0 Å². The molecule has 0 aliphatic rings. The molecule has 1 unspecified atom stereocenters. The molecule has 0 aliphatic carbocycles. The highest BCUT2D eigenvalue weighted by molar-refractivity contribution is 6.41. The second kappa shape index (κ2) is 8.00. The third-order valence-electron chi connectivity index (χ3n) is 3.40. The van der Waals surface area contributed by atoms with E-state index in [-0.39, 0.29) is 0 Å². The van der Waals surface area contributed by atoms with Crippen molar-refractivity contribution in [2.45, 2.75) is 20.4 Å². The molecule has 0 saturated carbocycles. The van der Waals surface area contributed by atoms with E-state index in [2.05, 4.69) is 27.0 Å². The Morgan fingerprint density at radius 2 is 1.67 bits per heavy atom. The van der Waals surface area contributed by atoms with Crippen LogP contribution in [0.15, 0.2) is 18.2 Å². The van der Waals surface area contributed by atoms with Crippen molar-refractivity contribution < 1.29 is 9.80 Å². The summed E-state index contributed by atoms with van der Waals surface area (Å²) in [5.74, 6) is 0. The van der Waals surface area contributed by atoms with Gasteiger partial charge in [0, 0.05) is 5.56 Å². The molecule has 2 nitrogen and oxygen atoms in total. The first kappa shape index (κ1) is 15.8. The quantitative estimate of drug-likeness (QED) is 0.740. The van der Waals surface area contributed by atoms with Gasteiger partial charge in [0.2, 0.25) is 0 Å². The topological polar surface area (TPSA) is 8.88 Å². The molecule has 0 saturated heterocycles. The molecule has 1 rings (SSSR count). The van der Waals surface area contributed by atoms with Gasteiger partial charge in [-0.05, 0) is 26.0 Å². The zero-order chi connectivity index (χ0) is 13.5. The van der Waals surface area contributed by atoms with Crippen LogP contribution in [0.5, 0.6) is 0 Å². The molecule has 4 heteroatoms. The van der Waals surface area contributed by atoms with Crippen LogP contribution in [0.25, 0.3) is 0 Å². The van der Waals surface area contributed by atoms with Crippen molar-refractivity contribution in [3.8, 4) is 0 Å². The Hall–Kier alpha value is -0.280. The lowest BCUT2D eigenvalue weighted by atomic mass is 10.2. The first-order valence-corrected chi connectivity index (χ1v) is 7.41. The normalized spacial score (nSPS) is 13.0. The Bertz CT molecular complexity index is 365. The average Bonchev–Trinajstić information content (AvgIpc) is 2.35. The summed E-state index contributed by atoms with van der Waals surface area (Å²) < 4.78 is 0. The van der Waals surface area contributed by atoms with Gasteiger partial charge in [0.05, 0.1) is 30.2 Å². The minimum Gasteiger partial charge on any atom is -0.331 e. The highest BCUT2D eigenvalue weighted by atomic mass is 35.5. The van der Waals surface area contributed by atoms with Gasteiger partial charge in [0.1, 0.15) is 19.6 Å². The molecule has 0 fully saturated rings. The Morgan fingerprint density at radius 3 is 2.22 bits per heavy atom. The average molecular weight is 291 g/mol. The number of benzene rings is 1. The zero-order valence-electron chi connectivity index (χ0n) is 11.5. The molecule has 1 atom stereocenters. The van der Waals surface area contributed by atoms with Crippen molar-refractivity contribution in [1.82, 2.24) is 0 Å². The maximum atomic E-state index is 6.02. The fraction of sp³-hybridized carbons (Fsp3) is 0.571. The molecular weight excluding hydrogens is 267 g/mol. The van der Waals surface area contributed by atoms with Crippen LogP contribution < -0.4 is 9.80 Å². The van der Waals surface area contributed by atoms with E-state index in [0.717, 1.165) is 6.54 Å². The summed E-state index contributed by atoms with van der Waals surface area (Å²) >= 11 is 11.9. The van der Waals surface area contributed by atoms with Crippen LogP contribution in [0.4, 0.5) is 0 Å². The molecule has 0 aliphatic heterocycles. The first-order valence-electron chi connectivity index (χ1n) is 6.65. The highest BCUT2D eigenvalue weighted by Gasteiger charge is 2.09. The molecule has 0 amide bonds. The van der Waals surface area contributed by atoms with Crippen LogP contribution in [-0.4, -0.2) is 33.2 Å². The number of rotatable bonds is 7. The monoisotopic (exact) mass is 290 g/mol. The maximum absolute atomic E-state index is 6.02. The number of likely N-dealkylation sites (N-methyl/N-ethyl adjacent to an activating group) is 2. The van der Waals surface area contributed by atoms with Crippen molar-refractivity contribution in [2.24, 2.45) is 0 Å². The van der Waals surface area contributed by atoms with E-state index in [9.17, 15) is 0 Å². The molecule has 0 bridgehead atoms. The van der Waals surface area contributed by atoms with E-state index in [1.165, 1.54) is 36.6 Å². The molecule has 1 aromatic rings. The van der Waals surface area contributed by atoms with Crippen molar-refractivity contribution in [1.29, 1.82) is 0 Å². The number of nitrogens with one attached hydrogen (secondary N) is 2. The summed E-state index contributed by atoms with van der Waals surface area (Å²) in [4.78, 5) is 3.16. The SMILES string of the molecule is CC[NH+](CC)CC[NH+](C)Cc1ccc(Cl)c(Cl)c1. The van der Waals surface area contributed by atoms with Gasteiger partial charge in [-0.1, -0.05) is 29.3 Å². The summed E-state index contributed by atoms with van der Waals surface area (Å²) in [6.07, 6.45) is 0. The second-order valence-electron chi connectivity index (χ2n) is 4.84. The van der Waals surface area contributed by atoms with E-state index in [1.807, 2.05) is 12.1 Å². The molecule has 18 heavy (non-hydrogen) atoms. The Labute approximate surface area is 120 Å². The molecule has 102 valence electrons. The third-order valence-corrected chi connectivity index (χ3v) is 4.13. The third kappa shape index (κ3) is 5.15. The van der Waals surface area contributed by atoms with E-state index in [0.29, 0.717) is 10.0 Å². The first-order chi connectivity index (χ1) is 8.56. The standard InChI is InChI=1S/C14H22Cl2N2/c1-4-18(5-2)9-8-17(3)11-12-6-7-13(15)14(16)10-12/h6-7,10H,4-5,8-9,11H2,1-3H3/p+2. The number of halogens is 2. The zero-order valence-corrected chi connectivity index (χ0v) is 13.0. The number of hydrogen-bond donors (Lipinski definition) is 2. The van der Waals surface area contributed by atoms with Gasteiger partial charge >= 0.3 is 0 Å².